The third-order valence-corrected chi connectivity index (χ3v) is 8.97. The second-order valence-corrected chi connectivity index (χ2v) is 12.5. The summed E-state index contributed by atoms with van der Waals surface area (Å²) in [7, 11) is 0. The monoisotopic (exact) mass is 606 g/mol. The zero-order valence-electron chi connectivity index (χ0n) is 24.1. The highest BCUT2D eigenvalue weighted by Crippen LogP contribution is 2.33. The van der Waals surface area contributed by atoms with Crippen molar-refractivity contribution < 1.29 is 19.1 Å². The Morgan fingerprint density at radius 2 is 1.62 bits per heavy atom. The summed E-state index contributed by atoms with van der Waals surface area (Å²) in [6, 6.07) is 20.5. The van der Waals surface area contributed by atoms with Crippen molar-refractivity contribution in [3.05, 3.63) is 89.6 Å². The first kappa shape index (κ1) is 30.6. The van der Waals surface area contributed by atoms with Crippen LogP contribution >= 0.6 is 24.0 Å². The van der Waals surface area contributed by atoms with Crippen LogP contribution in [-0.4, -0.2) is 59.7 Å². The van der Waals surface area contributed by atoms with Crippen molar-refractivity contribution in [2.24, 2.45) is 4.99 Å². The molecule has 3 heterocycles. The van der Waals surface area contributed by atoms with Crippen LogP contribution in [0.5, 0.6) is 0 Å². The molecule has 0 saturated carbocycles. The molecule has 5 rings (SSSR count). The Kier molecular flexibility index (Phi) is 10.6. The summed E-state index contributed by atoms with van der Waals surface area (Å²) in [5.41, 5.74) is 3.51. The minimum atomic E-state index is -2.26. The molecule has 42 heavy (non-hydrogen) atoms. The van der Waals surface area contributed by atoms with Gasteiger partial charge >= 0.3 is 0 Å². The lowest BCUT2D eigenvalue weighted by Gasteiger charge is -2.34. The van der Waals surface area contributed by atoms with Crippen LogP contribution in [-0.2, 0) is 15.3 Å². The van der Waals surface area contributed by atoms with E-state index >= 15 is 0 Å². The number of hydrogen-bond acceptors (Lipinski definition) is 10. The zero-order chi connectivity index (χ0) is 29.4. The average molecular weight is 607 g/mol. The van der Waals surface area contributed by atoms with E-state index in [1.807, 2.05) is 43.6 Å². The highest BCUT2D eigenvalue weighted by atomic mass is 32.2. The van der Waals surface area contributed by atoms with Gasteiger partial charge in [0.15, 0.2) is 0 Å². The number of aryl methyl sites for hydroxylation is 2. The lowest BCUT2D eigenvalue weighted by atomic mass is 10.1. The Morgan fingerprint density at radius 1 is 0.929 bits per heavy atom. The van der Waals surface area contributed by atoms with E-state index in [0.717, 1.165) is 72.1 Å². The molecule has 10 heteroatoms. The van der Waals surface area contributed by atoms with Crippen LogP contribution in [0.25, 0.3) is 0 Å². The van der Waals surface area contributed by atoms with Gasteiger partial charge in [0.05, 0.1) is 25.7 Å². The summed E-state index contributed by atoms with van der Waals surface area (Å²) < 4.78 is 13.5. The van der Waals surface area contributed by atoms with E-state index in [0.29, 0.717) is 6.54 Å². The summed E-state index contributed by atoms with van der Waals surface area (Å²) in [4.78, 5) is 13.8. The normalized spacial score (nSPS) is 17.0. The highest BCUT2D eigenvalue weighted by molar-refractivity contribution is 8.00. The van der Waals surface area contributed by atoms with Crippen molar-refractivity contribution in [1.82, 2.24) is 4.98 Å². The number of aliphatic imine (C=N–C) groups is 1. The molecule has 2 aliphatic heterocycles. The fourth-order valence-corrected chi connectivity index (χ4v) is 6.17. The first-order valence-electron chi connectivity index (χ1n) is 14.3. The van der Waals surface area contributed by atoms with Crippen molar-refractivity contribution in [3.8, 4) is 0 Å². The zero-order valence-corrected chi connectivity index (χ0v) is 25.7. The van der Waals surface area contributed by atoms with E-state index in [2.05, 4.69) is 63.6 Å². The Hall–Kier alpha value is -2.86. The molecule has 8 nitrogen and oxygen atoms in total. The summed E-state index contributed by atoms with van der Waals surface area (Å²) in [6.07, 6.45) is 8.24. The molecule has 0 spiro atoms. The fraction of sp³-hybridized carbons (Fsp3) is 0.375. The Bertz CT molecular complexity index is 1360. The molecule has 0 atom stereocenters. The molecule has 1 saturated heterocycles. The average Bonchev–Trinajstić information content (AvgIpc) is 3.09. The first-order valence-corrected chi connectivity index (χ1v) is 15.8. The van der Waals surface area contributed by atoms with Gasteiger partial charge in [0.1, 0.15) is 11.6 Å². The van der Waals surface area contributed by atoms with Crippen LogP contribution in [0.4, 0.5) is 11.6 Å². The minimum Gasteiger partial charge on any atom is -0.378 e. The molecule has 1 aromatic heterocycles. The molecule has 0 amide bonds. The number of pyridine rings is 1. The van der Waals surface area contributed by atoms with E-state index in [1.165, 1.54) is 10.5 Å². The Morgan fingerprint density at radius 3 is 2.33 bits per heavy atom. The molecule has 1 fully saturated rings. The lowest BCUT2D eigenvalue weighted by Crippen LogP contribution is -2.38. The van der Waals surface area contributed by atoms with Gasteiger partial charge in [-0.25, -0.2) is 4.98 Å². The quantitative estimate of drug-likeness (QED) is 0.162. The van der Waals surface area contributed by atoms with E-state index in [4.69, 9.17) is 13.9 Å². The van der Waals surface area contributed by atoms with Crippen molar-refractivity contribution in [3.63, 3.8) is 0 Å². The van der Waals surface area contributed by atoms with Gasteiger partial charge in [0, 0.05) is 59.3 Å². The van der Waals surface area contributed by atoms with Crippen LogP contribution in [0.2, 0.25) is 0 Å². The molecular formula is C32H38N4O4S2. The molecule has 3 aromatic rings. The van der Waals surface area contributed by atoms with E-state index in [-0.39, 0.29) is 19.1 Å². The van der Waals surface area contributed by atoms with Crippen LogP contribution in [0.15, 0.2) is 87.7 Å². The molecule has 222 valence electrons. The van der Waals surface area contributed by atoms with Gasteiger partial charge in [-0.05, 0) is 75.0 Å². The van der Waals surface area contributed by atoms with Crippen LogP contribution in [0.1, 0.15) is 36.0 Å². The molecule has 2 aromatic carbocycles. The number of rotatable bonds is 10. The highest BCUT2D eigenvalue weighted by Gasteiger charge is 2.27. The number of ether oxygens (including phenoxy) is 1. The maximum absolute atomic E-state index is 10.2. The largest absolute Gasteiger partial charge is 0.378 e. The third-order valence-electron chi connectivity index (χ3n) is 7.13. The standard InChI is InChI=1S/C32H38N4O4S2/c1-24-4-9-28(10-5-24)41-36-20-3-18-33-19-14-26-8-13-30(34-31(26)36)35-21-15-27(16-22-35)39-23-17-32(37,38)40-42-29-11-6-25(2)7-12-29/h3-13,18-19,27,37-38H,14-17,20-23H2,1-2H3/b18-3-,33-19?. The summed E-state index contributed by atoms with van der Waals surface area (Å²) in [6.45, 7) is 6.61. The molecule has 2 aliphatic rings. The van der Waals surface area contributed by atoms with Crippen molar-refractivity contribution in [2.75, 3.05) is 35.4 Å². The number of anilines is 2. The fourth-order valence-electron chi connectivity index (χ4n) is 4.69. The van der Waals surface area contributed by atoms with Crippen LogP contribution in [0, 0.1) is 13.8 Å². The van der Waals surface area contributed by atoms with Gasteiger partial charge < -0.3 is 19.8 Å². The maximum Gasteiger partial charge on any atom is 0.291 e. The number of aliphatic hydroxyl groups is 2. The molecule has 0 radical (unpaired) electrons. The van der Waals surface area contributed by atoms with Gasteiger partial charge in [-0.15, -0.1) is 0 Å². The van der Waals surface area contributed by atoms with Crippen molar-refractivity contribution >= 4 is 41.8 Å². The topological polar surface area (TPSA) is 90.7 Å². The number of fused-ring (bicyclic) bond motifs is 1. The summed E-state index contributed by atoms with van der Waals surface area (Å²) in [5, 5.41) is 20.5. The van der Waals surface area contributed by atoms with Gasteiger partial charge in [0.2, 0.25) is 0 Å². The number of nitrogens with zero attached hydrogens (tertiary/aromatic N) is 4. The smallest absolute Gasteiger partial charge is 0.291 e. The number of aromatic nitrogens is 1. The maximum atomic E-state index is 10.2. The third kappa shape index (κ3) is 8.82. The second-order valence-electron chi connectivity index (χ2n) is 10.6. The SMILES string of the molecule is Cc1ccc(SOC(O)(O)CCOC2CCN(c3ccc4c(n3)N(Sc3ccc(C)cc3)C/C=C\N=CC4)CC2)cc1. The minimum absolute atomic E-state index is 0.0370. The molecule has 0 bridgehead atoms. The second kappa shape index (κ2) is 14.5. The van der Waals surface area contributed by atoms with E-state index < -0.39 is 5.97 Å². The van der Waals surface area contributed by atoms with Gasteiger partial charge in [-0.1, -0.05) is 41.5 Å². The van der Waals surface area contributed by atoms with Gasteiger partial charge in [-0.2, -0.15) is 0 Å². The molecule has 0 unspecified atom stereocenters. The predicted octanol–water partition coefficient (Wildman–Crippen LogP) is 6.09. The predicted molar refractivity (Wildman–Crippen MR) is 171 cm³/mol. The molecule has 0 aliphatic carbocycles. The van der Waals surface area contributed by atoms with Crippen LogP contribution < -0.4 is 9.21 Å². The first-order chi connectivity index (χ1) is 20.3. The summed E-state index contributed by atoms with van der Waals surface area (Å²) >= 11 is 2.64. The Labute approximate surface area is 256 Å². The number of piperidine rings is 1. The van der Waals surface area contributed by atoms with Gasteiger partial charge in [0.25, 0.3) is 5.97 Å². The van der Waals surface area contributed by atoms with E-state index in [9.17, 15) is 10.2 Å². The number of benzene rings is 2. The lowest BCUT2D eigenvalue weighted by molar-refractivity contribution is -0.293. The molecule has 2 N–H and O–H groups in total. The Balaban J connectivity index is 1.15. The van der Waals surface area contributed by atoms with E-state index in [1.54, 1.807) is 11.9 Å². The summed E-state index contributed by atoms with van der Waals surface area (Å²) in [5.74, 6) is -0.351. The van der Waals surface area contributed by atoms with Gasteiger partial charge in [-0.3, -0.25) is 13.5 Å². The van der Waals surface area contributed by atoms with Crippen LogP contribution in [0.3, 0.4) is 0 Å². The molecular weight excluding hydrogens is 569 g/mol. The van der Waals surface area contributed by atoms with Crippen molar-refractivity contribution in [2.45, 2.75) is 61.4 Å². The number of hydrogen-bond donors (Lipinski definition) is 2. The van der Waals surface area contributed by atoms with Crippen molar-refractivity contribution in [1.29, 1.82) is 0 Å².